The molecule has 0 aliphatic carbocycles. The normalized spacial score (nSPS) is 11.9. The molecule has 2 nitrogen and oxygen atoms in total. The predicted octanol–water partition coefficient (Wildman–Crippen LogP) is 6.15. The highest BCUT2D eigenvalue weighted by Crippen LogP contribution is 2.28. The van der Waals surface area contributed by atoms with E-state index in [1.165, 1.54) is 18.2 Å². The van der Waals surface area contributed by atoms with Crippen LogP contribution >= 0.6 is 0 Å². The van der Waals surface area contributed by atoms with Gasteiger partial charge in [0.15, 0.2) is 52.4 Å². The molecule has 0 aliphatic rings. The number of rotatable bonds is 6. The zero-order chi connectivity index (χ0) is 33.7. The number of carbonyl (C=O) groups is 1. The van der Waals surface area contributed by atoms with Crippen LogP contribution in [0.1, 0.15) is 10.4 Å². The Labute approximate surface area is 239 Å². The second kappa shape index (κ2) is 11.9. The van der Waals surface area contributed by atoms with Crippen molar-refractivity contribution in [1.29, 1.82) is 0 Å². The Hall–Kier alpha value is -4.90. The van der Waals surface area contributed by atoms with Crippen LogP contribution in [0.4, 0.5) is 65.9 Å². The molecular weight excluding hydrogens is 652 g/mol. The van der Waals surface area contributed by atoms with Crippen molar-refractivity contribution >= 4 is 28.5 Å². The molecule has 0 fully saturated rings. The zero-order valence-electron chi connectivity index (χ0n) is 21.1. The van der Waals surface area contributed by atoms with Crippen molar-refractivity contribution in [2.75, 3.05) is 0 Å². The summed E-state index contributed by atoms with van der Waals surface area (Å²) in [6.07, 6.45) is -6.29. The Kier molecular flexibility index (Phi) is 8.72. The Morgan fingerprint density at radius 1 is 0.444 bits per heavy atom. The van der Waals surface area contributed by atoms with Gasteiger partial charge in [0.2, 0.25) is 0 Å². The maximum Gasteiger partial charge on any atom is 0.342 e. The number of halogens is 15. The van der Waals surface area contributed by atoms with E-state index in [4.69, 9.17) is 0 Å². The first-order valence-electron chi connectivity index (χ1n) is 11.7. The Morgan fingerprint density at radius 3 is 1.00 bits per heavy atom. The molecule has 0 radical (unpaired) electrons. The third-order valence-corrected chi connectivity index (χ3v) is 6.65. The van der Waals surface area contributed by atoms with Crippen molar-refractivity contribution in [2.24, 2.45) is 0 Å². The van der Waals surface area contributed by atoms with Crippen molar-refractivity contribution in [1.82, 2.24) is 0 Å². The van der Waals surface area contributed by atoms with Gasteiger partial charge in [0.1, 0.15) is 41.0 Å². The van der Waals surface area contributed by atoms with E-state index in [0.29, 0.717) is 0 Å². The molecule has 4 aromatic carbocycles. The highest BCUT2D eigenvalue weighted by molar-refractivity contribution is 7.15. The number of hydrogen-bond donors (Lipinski definition) is 0. The lowest BCUT2D eigenvalue weighted by Gasteiger charge is -2.41. The SMILES string of the molecule is O=C(O/C=C\[B-](c1c(F)c(F)c(F)c(F)c1F)(c1c(F)c(F)c(F)c(F)c1F)c1c(F)c(F)c(F)c(F)c1F)c1ccccc1. The number of carbonyl (C=O) groups excluding carboxylic acids is 1. The maximum atomic E-state index is 15.3. The number of esters is 1. The topological polar surface area (TPSA) is 26.3 Å². The first-order valence-corrected chi connectivity index (χ1v) is 11.7. The number of hydrogen-bond acceptors (Lipinski definition) is 2. The molecule has 18 heteroatoms. The molecule has 0 saturated heterocycles. The molecule has 45 heavy (non-hydrogen) atoms. The van der Waals surface area contributed by atoms with Crippen LogP contribution in [-0.4, -0.2) is 12.1 Å². The second-order valence-electron chi connectivity index (χ2n) is 8.98. The first kappa shape index (κ1) is 33.0. The van der Waals surface area contributed by atoms with Crippen molar-refractivity contribution in [2.45, 2.75) is 0 Å². The summed E-state index contributed by atoms with van der Waals surface area (Å²) >= 11 is 0. The highest BCUT2D eigenvalue weighted by Gasteiger charge is 2.47. The van der Waals surface area contributed by atoms with Crippen LogP contribution in [0.15, 0.2) is 42.6 Å². The standard InChI is InChI=1S/C27H7BF15O2/c29-12-9(13(30)19(36)24(41)18(12)35)28(6-7-45-27(44)8-4-2-1-3-5-8,10-14(31)20(37)25(42)21(38)15(10)32)11-16(33)22(39)26(43)23(40)17(11)34/h1-7H/q-1/b7-6-. The lowest BCUT2D eigenvalue weighted by atomic mass is 9.15. The zero-order valence-corrected chi connectivity index (χ0v) is 21.1. The molecule has 0 bridgehead atoms. The van der Waals surface area contributed by atoms with Crippen LogP contribution in [0, 0.1) is 87.3 Å². The Balaban J connectivity index is 2.34. The number of ether oxygens (including phenoxy) is 1. The van der Waals surface area contributed by atoms with Gasteiger partial charge in [-0.05, 0) is 12.1 Å². The third-order valence-electron chi connectivity index (χ3n) is 6.65. The molecule has 0 saturated carbocycles. The minimum Gasteiger partial charge on any atom is -0.435 e. The van der Waals surface area contributed by atoms with Crippen molar-refractivity contribution in [3.63, 3.8) is 0 Å². The summed E-state index contributed by atoms with van der Waals surface area (Å²) in [7, 11) is 0. The van der Waals surface area contributed by atoms with E-state index in [-0.39, 0.29) is 6.26 Å². The fourth-order valence-electron chi connectivity index (χ4n) is 4.65. The van der Waals surface area contributed by atoms with Crippen LogP contribution in [0.25, 0.3) is 0 Å². The summed E-state index contributed by atoms with van der Waals surface area (Å²) in [5.74, 6) is -49.2. The van der Waals surface area contributed by atoms with E-state index in [2.05, 4.69) is 4.74 Å². The summed E-state index contributed by atoms with van der Waals surface area (Å²) < 4.78 is 225. The van der Waals surface area contributed by atoms with Gasteiger partial charge < -0.3 is 4.74 Å². The summed E-state index contributed by atoms with van der Waals surface area (Å²) in [5.41, 5.74) is -8.98. The summed E-state index contributed by atoms with van der Waals surface area (Å²) in [6, 6.07) is 5.83. The van der Waals surface area contributed by atoms with Gasteiger partial charge in [-0.2, -0.15) is 5.98 Å². The van der Waals surface area contributed by atoms with E-state index in [1.54, 1.807) is 0 Å². The monoisotopic (exact) mass is 659 g/mol. The molecule has 4 rings (SSSR count). The largest absolute Gasteiger partial charge is 0.435 e. The molecule has 0 unspecified atom stereocenters. The average molecular weight is 659 g/mol. The second-order valence-corrected chi connectivity index (χ2v) is 8.98. The Morgan fingerprint density at radius 2 is 0.711 bits per heavy atom. The van der Waals surface area contributed by atoms with E-state index in [0.717, 1.165) is 12.1 Å². The van der Waals surface area contributed by atoms with Crippen LogP contribution in [0.5, 0.6) is 0 Å². The average Bonchev–Trinajstić information content (AvgIpc) is 3.03. The molecular formula is C27H7BF15O2-. The predicted molar refractivity (Wildman–Crippen MR) is 124 cm³/mol. The summed E-state index contributed by atoms with van der Waals surface area (Å²) in [4.78, 5) is 12.4. The van der Waals surface area contributed by atoms with Gasteiger partial charge in [0, 0.05) is 0 Å². The summed E-state index contributed by atoms with van der Waals surface area (Å²) in [5, 5.41) is 0. The van der Waals surface area contributed by atoms with Crippen LogP contribution < -0.4 is 16.4 Å². The van der Waals surface area contributed by atoms with E-state index < -0.39 is 127 Å². The van der Waals surface area contributed by atoms with Crippen molar-refractivity contribution in [3.8, 4) is 0 Å². The Bertz CT molecular complexity index is 1660. The van der Waals surface area contributed by atoms with Gasteiger partial charge in [-0.1, -0.05) is 18.2 Å². The molecule has 0 aliphatic heterocycles. The van der Waals surface area contributed by atoms with Gasteiger partial charge in [0.25, 0.3) is 0 Å². The smallest absolute Gasteiger partial charge is 0.342 e. The van der Waals surface area contributed by atoms with E-state index >= 15 is 26.3 Å². The highest BCUT2D eigenvalue weighted by atomic mass is 19.2. The summed E-state index contributed by atoms with van der Waals surface area (Å²) in [6.45, 7) is 0. The minimum absolute atomic E-state index is 0.316. The molecule has 0 amide bonds. The van der Waals surface area contributed by atoms with Gasteiger partial charge >= 0.3 is 5.97 Å². The quantitative estimate of drug-likeness (QED) is 0.0621. The fraction of sp³-hybridized carbons (Fsp3) is 0. The van der Waals surface area contributed by atoms with Crippen molar-refractivity contribution < 1.29 is 75.4 Å². The van der Waals surface area contributed by atoms with Crippen molar-refractivity contribution in [3.05, 3.63) is 135 Å². The fourth-order valence-corrected chi connectivity index (χ4v) is 4.65. The van der Waals surface area contributed by atoms with Crippen LogP contribution in [0.3, 0.4) is 0 Å². The molecule has 0 heterocycles. The van der Waals surface area contributed by atoms with Crippen LogP contribution in [-0.2, 0) is 4.74 Å². The van der Waals surface area contributed by atoms with Gasteiger partial charge in [-0.25, -0.2) is 70.7 Å². The molecule has 0 atom stereocenters. The van der Waals surface area contributed by atoms with Crippen LogP contribution in [0.2, 0.25) is 0 Å². The molecule has 0 spiro atoms. The molecule has 4 aromatic rings. The van der Waals surface area contributed by atoms with Gasteiger partial charge in [0.05, 0.1) is 11.8 Å². The minimum atomic E-state index is -5.98. The van der Waals surface area contributed by atoms with Gasteiger partial charge in [-0.15, -0.1) is 16.4 Å². The molecule has 0 aromatic heterocycles. The number of benzene rings is 4. The van der Waals surface area contributed by atoms with E-state index in [1.807, 2.05) is 0 Å². The first-order chi connectivity index (χ1) is 21.0. The molecule has 236 valence electrons. The maximum absolute atomic E-state index is 15.3. The lowest BCUT2D eigenvalue weighted by molar-refractivity contribution is 0.0663. The lowest BCUT2D eigenvalue weighted by Crippen LogP contribution is -2.72. The molecule has 0 N–H and O–H groups in total. The third kappa shape index (κ3) is 4.97. The van der Waals surface area contributed by atoms with E-state index in [9.17, 15) is 44.3 Å². The van der Waals surface area contributed by atoms with Gasteiger partial charge in [-0.3, -0.25) is 0 Å².